The molecule has 0 heterocycles. The van der Waals surface area contributed by atoms with E-state index in [0.29, 0.717) is 22.1 Å². The van der Waals surface area contributed by atoms with Crippen LogP contribution in [-0.4, -0.2) is 28.0 Å². The summed E-state index contributed by atoms with van der Waals surface area (Å²) in [5.41, 5.74) is 1.77. The number of ether oxygens (including phenoxy) is 1. The normalized spacial score (nSPS) is 11.0. The van der Waals surface area contributed by atoms with Crippen LogP contribution in [0.15, 0.2) is 77.7 Å². The summed E-state index contributed by atoms with van der Waals surface area (Å²) >= 11 is 5.90. The Labute approximate surface area is 181 Å². The third kappa shape index (κ3) is 5.11. The van der Waals surface area contributed by atoms with Gasteiger partial charge in [0.25, 0.3) is 10.0 Å². The van der Waals surface area contributed by atoms with Gasteiger partial charge in [0.1, 0.15) is 12.3 Å². The summed E-state index contributed by atoms with van der Waals surface area (Å²) in [6.45, 7) is 1.46. The maximum Gasteiger partial charge on any atom is 0.264 e. The van der Waals surface area contributed by atoms with Crippen molar-refractivity contribution in [3.63, 3.8) is 0 Å². The Balaban J connectivity index is 1.93. The largest absolute Gasteiger partial charge is 0.497 e. The fourth-order valence-electron chi connectivity index (χ4n) is 2.86. The van der Waals surface area contributed by atoms with Crippen LogP contribution in [0.1, 0.15) is 5.56 Å². The van der Waals surface area contributed by atoms with Crippen LogP contribution in [0.25, 0.3) is 0 Å². The van der Waals surface area contributed by atoms with Gasteiger partial charge in [-0.2, -0.15) is 0 Å². The maximum atomic E-state index is 13.3. The molecule has 156 valence electrons. The maximum absolute atomic E-state index is 13.3. The van der Waals surface area contributed by atoms with Crippen molar-refractivity contribution in [1.29, 1.82) is 0 Å². The molecule has 0 atom stereocenters. The molecule has 3 aromatic rings. The lowest BCUT2D eigenvalue weighted by Gasteiger charge is -2.24. The van der Waals surface area contributed by atoms with E-state index < -0.39 is 22.5 Å². The molecule has 3 rings (SSSR count). The molecule has 1 N–H and O–H groups in total. The van der Waals surface area contributed by atoms with Gasteiger partial charge in [-0.05, 0) is 61.0 Å². The molecule has 0 aliphatic heterocycles. The first-order valence-corrected chi connectivity index (χ1v) is 10.9. The van der Waals surface area contributed by atoms with Gasteiger partial charge in [0.15, 0.2) is 0 Å². The molecule has 0 bridgehead atoms. The van der Waals surface area contributed by atoms with E-state index in [1.54, 1.807) is 42.5 Å². The van der Waals surface area contributed by atoms with Crippen LogP contribution < -0.4 is 14.4 Å². The Morgan fingerprint density at radius 3 is 2.40 bits per heavy atom. The molecule has 0 saturated carbocycles. The van der Waals surface area contributed by atoms with Gasteiger partial charge in [0, 0.05) is 16.8 Å². The molecular weight excluding hydrogens is 424 g/mol. The predicted octanol–water partition coefficient (Wildman–Crippen LogP) is 4.49. The second-order valence-corrected chi connectivity index (χ2v) is 8.88. The Morgan fingerprint density at radius 2 is 1.73 bits per heavy atom. The van der Waals surface area contributed by atoms with Crippen LogP contribution in [0, 0.1) is 6.92 Å². The summed E-state index contributed by atoms with van der Waals surface area (Å²) in [6, 6.07) is 19.6. The number of rotatable bonds is 7. The van der Waals surface area contributed by atoms with Crippen molar-refractivity contribution < 1.29 is 17.9 Å². The van der Waals surface area contributed by atoms with Crippen LogP contribution in [0.5, 0.6) is 5.75 Å². The number of hydrogen-bond acceptors (Lipinski definition) is 4. The molecule has 0 aliphatic rings. The predicted molar refractivity (Wildman–Crippen MR) is 119 cm³/mol. The van der Waals surface area contributed by atoms with Crippen LogP contribution in [0.4, 0.5) is 11.4 Å². The number of carbonyl (C=O) groups excluding carboxylic acids is 1. The lowest BCUT2D eigenvalue weighted by Crippen LogP contribution is -2.38. The highest BCUT2D eigenvalue weighted by molar-refractivity contribution is 7.92. The number of nitrogens with one attached hydrogen (secondary N) is 1. The zero-order chi connectivity index (χ0) is 21.7. The summed E-state index contributed by atoms with van der Waals surface area (Å²) in [4.78, 5) is 12.8. The van der Waals surface area contributed by atoms with Crippen LogP contribution in [0.2, 0.25) is 5.02 Å². The van der Waals surface area contributed by atoms with Crippen LogP contribution >= 0.6 is 11.6 Å². The van der Waals surface area contributed by atoms with E-state index in [0.717, 1.165) is 9.87 Å². The highest BCUT2D eigenvalue weighted by atomic mass is 35.5. The molecule has 0 unspecified atom stereocenters. The van der Waals surface area contributed by atoms with Crippen LogP contribution in [0.3, 0.4) is 0 Å². The Hall–Kier alpha value is -3.03. The fraction of sp³-hybridized carbons (Fsp3) is 0.136. The van der Waals surface area contributed by atoms with Gasteiger partial charge in [-0.3, -0.25) is 9.10 Å². The first-order chi connectivity index (χ1) is 14.3. The second kappa shape index (κ2) is 9.19. The number of aryl methyl sites for hydroxylation is 1. The molecule has 6 nitrogen and oxygen atoms in total. The van der Waals surface area contributed by atoms with E-state index in [2.05, 4.69) is 5.32 Å². The van der Waals surface area contributed by atoms with Crippen molar-refractivity contribution in [1.82, 2.24) is 0 Å². The van der Waals surface area contributed by atoms with Gasteiger partial charge in [-0.15, -0.1) is 0 Å². The molecule has 0 fully saturated rings. The summed E-state index contributed by atoms with van der Waals surface area (Å²) in [6.07, 6.45) is 0. The number of benzene rings is 3. The highest BCUT2D eigenvalue weighted by Gasteiger charge is 2.27. The van der Waals surface area contributed by atoms with Gasteiger partial charge < -0.3 is 10.1 Å². The molecule has 8 heteroatoms. The van der Waals surface area contributed by atoms with Crippen molar-refractivity contribution in [2.24, 2.45) is 0 Å². The zero-order valence-electron chi connectivity index (χ0n) is 16.5. The average molecular weight is 445 g/mol. The fourth-order valence-corrected chi connectivity index (χ4v) is 4.40. The van der Waals surface area contributed by atoms with E-state index in [1.165, 1.54) is 31.4 Å². The third-order valence-corrected chi connectivity index (χ3v) is 6.37. The van der Waals surface area contributed by atoms with Gasteiger partial charge >= 0.3 is 0 Å². The number of carbonyl (C=O) groups is 1. The van der Waals surface area contributed by atoms with Gasteiger partial charge in [-0.1, -0.05) is 29.8 Å². The monoisotopic (exact) mass is 444 g/mol. The first kappa shape index (κ1) is 21.7. The third-order valence-electron chi connectivity index (χ3n) is 4.33. The second-order valence-electron chi connectivity index (χ2n) is 6.58. The number of halogens is 1. The molecule has 0 aliphatic carbocycles. The lowest BCUT2D eigenvalue weighted by molar-refractivity contribution is -0.114. The summed E-state index contributed by atoms with van der Waals surface area (Å²) in [5.74, 6) is 0.0967. The topological polar surface area (TPSA) is 75.7 Å². The average Bonchev–Trinajstić information content (AvgIpc) is 2.72. The number of sulfonamides is 1. The molecule has 0 saturated heterocycles. The number of methoxy groups -OCH3 is 1. The SMILES string of the molecule is COc1cccc(NC(=O)CN(c2cccc(C)c2)S(=O)(=O)c2ccc(Cl)cc2)c1. The molecule has 0 aromatic heterocycles. The van der Waals surface area contributed by atoms with E-state index in [4.69, 9.17) is 16.3 Å². The van der Waals surface area contributed by atoms with E-state index in [-0.39, 0.29) is 4.90 Å². The Kier molecular flexibility index (Phi) is 6.64. The highest BCUT2D eigenvalue weighted by Crippen LogP contribution is 2.26. The molecule has 3 aromatic carbocycles. The molecule has 1 amide bonds. The minimum Gasteiger partial charge on any atom is -0.497 e. The number of hydrogen-bond donors (Lipinski definition) is 1. The number of anilines is 2. The quantitative estimate of drug-likeness (QED) is 0.582. The molecule has 0 radical (unpaired) electrons. The van der Waals surface area contributed by atoms with Crippen molar-refractivity contribution >= 4 is 38.9 Å². The minimum absolute atomic E-state index is 0.0441. The van der Waals surface area contributed by atoms with Crippen molar-refractivity contribution in [2.45, 2.75) is 11.8 Å². The number of amides is 1. The summed E-state index contributed by atoms with van der Waals surface area (Å²) in [7, 11) is -2.47. The van der Waals surface area contributed by atoms with Crippen molar-refractivity contribution in [3.8, 4) is 5.75 Å². The Bertz CT molecular complexity index is 1150. The smallest absolute Gasteiger partial charge is 0.264 e. The molecular formula is C22H21ClN2O4S. The molecule has 0 spiro atoms. The van der Waals surface area contributed by atoms with Crippen molar-refractivity contribution in [3.05, 3.63) is 83.4 Å². The standard InChI is InChI=1S/C22H21ClN2O4S/c1-16-5-3-7-19(13-16)25(30(27,28)21-11-9-17(23)10-12-21)15-22(26)24-18-6-4-8-20(14-18)29-2/h3-14H,15H2,1-2H3,(H,24,26). The Morgan fingerprint density at radius 1 is 1.03 bits per heavy atom. The van der Waals surface area contributed by atoms with Crippen LogP contribution in [-0.2, 0) is 14.8 Å². The first-order valence-electron chi connectivity index (χ1n) is 9.08. The van der Waals surface area contributed by atoms with Gasteiger partial charge in [0.2, 0.25) is 5.91 Å². The molecule has 30 heavy (non-hydrogen) atoms. The zero-order valence-corrected chi connectivity index (χ0v) is 18.1. The van der Waals surface area contributed by atoms with Crippen molar-refractivity contribution in [2.75, 3.05) is 23.3 Å². The summed E-state index contributed by atoms with van der Waals surface area (Å²) < 4.78 is 32.9. The van der Waals surface area contributed by atoms with Gasteiger partial charge in [0.05, 0.1) is 17.7 Å². The van der Waals surface area contributed by atoms with E-state index in [1.807, 2.05) is 13.0 Å². The lowest BCUT2D eigenvalue weighted by atomic mass is 10.2. The van der Waals surface area contributed by atoms with E-state index >= 15 is 0 Å². The summed E-state index contributed by atoms with van der Waals surface area (Å²) in [5, 5.41) is 3.14. The number of nitrogens with zero attached hydrogens (tertiary/aromatic N) is 1. The van der Waals surface area contributed by atoms with E-state index in [9.17, 15) is 13.2 Å². The minimum atomic E-state index is -4.00. The van der Waals surface area contributed by atoms with Gasteiger partial charge in [-0.25, -0.2) is 8.42 Å².